The smallest absolute Gasteiger partial charge is 0.281 e. The van der Waals surface area contributed by atoms with E-state index in [2.05, 4.69) is 32.0 Å². The Morgan fingerprint density at radius 2 is 1.84 bits per heavy atom. The van der Waals surface area contributed by atoms with Crippen LogP contribution < -0.4 is 0 Å². The number of aryl methyl sites for hydroxylation is 2. The maximum absolute atomic E-state index is 12.2. The number of carbonyl (C=O) groups is 1. The van der Waals surface area contributed by atoms with E-state index in [9.17, 15) is 4.79 Å². The fourth-order valence-corrected chi connectivity index (χ4v) is 3.39. The molecule has 1 heterocycles. The summed E-state index contributed by atoms with van der Waals surface area (Å²) in [7, 11) is 0. The van der Waals surface area contributed by atoms with Crippen molar-refractivity contribution in [2.75, 3.05) is 13.1 Å². The second-order valence-electron chi connectivity index (χ2n) is 5.39. The zero-order valence-electron chi connectivity index (χ0n) is 11.9. The molecule has 0 radical (unpaired) electrons. The van der Waals surface area contributed by atoms with Crippen molar-refractivity contribution in [2.45, 2.75) is 45.3 Å². The number of amides is 1. The Morgan fingerprint density at radius 1 is 1.16 bits per heavy atom. The summed E-state index contributed by atoms with van der Waals surface area (Å²) >= 11 is 1.46. The lowest BCUT2D eigenvalue weighted by Crippen LogP contribution is -2.28. The molecule has 1 aliphatic heterocycles. The molecule has 1 aliphatic rings. The van der Waals surface area contributed by atoms with Gasteiger partial charge in [-0.05, 0) is 37.8 Å². The van der Waals surface area contributed by atoms with Crippen LogP contribution in [0.4, 0.5) is 4.79 Å². The summed E-state index contributed by atoms with van der Waals surface area (Å²) in [5.41, 5.74) is 3.83. The lowest BCUT2D eigenvalue weighted by molar-refractivity contribution is 0.225. The highest BCUT2D eigenvalue weighted by molar-refractivity contribution is 8.12. The molecule has 0 atom stereocenters. The molecule has 1 aromatic rings. The van der Waals surface area contributed by atoms with Gasteiger partial charge in [-0.25, -0.2) is 0 Å². The summed E-state index contributed by atoms with van der Waals surface area (Å²) in [6.07, 6.45) is 4.86. The Kier molecular flexibility index (Phi) is 5.32. The molecule has 0 aliphatic carbocycles. The van der Waals surface area contributed by atoms with E-state index >= 15 is 0 Å². The molecule has 104 valence electrons. The van der Waals surface area contributed by atoms with E-state index in [0.717, 1.165) is 31.7 Å². The Balaban J connectivity index is 1.90. The number of nitrogens with zero attached hydrogens (tertiary/aromatic N) is 1. The Hall–Kier alpha value is -0.960. The van der Waals surface area contributed by atoms with E-state index < -0.39 is 0 Å². The van der Waals surface area contributed by atoms with Gasteiger partial charge in [-0.1, -0.05) is 48.4 Å². The van der Waals surface area contributed by atoms with Crippen LogP contribution in [0.1, 0.15) is 42.4 Å². The standard InChI is InChI=1S/C16H23NOS/c1-13-7-8-14(2)15(11-13)12-19-16(18)17-9-5-3-4-6-10-17/h7-8,11H,3-6,9-10,12H2,1-2H3. The minimum atomic E-state index is 0.253. The van der Waals surface area contributed by atoms with E-state index in [1.807, 2.05) is 4.90 Å². The SMILES string of the molecule is Cc1ccc(C)c(CSC(=O)N2CCCCCC2)c1. The van der Waals surface area contributed by atoms with E-state index in [-0.39, 0.29) is 5.24 Å². The van der Waals surface area contributed by atoms with Gasteiger partial charge in [-0.15, -0.1) is 0 Å². The van der Waals surface area contributed by atoms with Gasteiger partial charge in [0.25, 0.3) is 5.24 Å². The molecule has 1 amide bonds. The van der Waals surface area contributed by atoms with Crippen molar-refractivity contribution in [3.63, 3.8) is 0 Å². The van der Waals surface area contributed by atoms with Crippen LogP contribution in [0, 0.1) is 13.8 Å². The van der Waals surface area contributed by atoms with Gasteiger partial charge < -0.3 is 4.90 Å². The molecule has 1 saturated heterocycles. The third kappa shape index (κ3) is 4.27. The predicted molar refractivity (Wildman–Crippen MR) is 82.6 cm³/mol. The summed E-state index contributed by atoms with van der Waals surface area (Å²) in [4.78, 5) is 14.2. The number of benzene rings is 1. The van der Waals surface area contributed by atoms with Crippen molar-refractivity contribution >= 4 is 17.0 Å². The first kappa shape index (κ1) is 14.4. The van der Waals surface area contributed by atoms with Gasteiger partial charge in [-0.2, -0.15) is 0 Å². The highest BCUT2D eigenvalue weighted by Crippen LogP contribution is 2.22. The maximum atomic E-state index is 12.2. The van der Waals surface area contributed by atoms with Gasteiger partial charge in [0, 0.05) is 18.8 Å². The van der Waals surface area contributed by atoms with E-state index in [4.69, 9.17) is 0 Å². The largest absolute Gasteiger partial charge is 0.334 e. The van der Waals surface area contributed by atoms with Gasteiger partial charge in [0.1, 0.15) is 0 Å². The molecule has 0 saturated carbocycles. The molecule has 1 fully saturated rings. The Bertz CT molecular complexity index is 436. The molecular weight excluding hydrogens is 254 g/mol. The Labute approximate surface area is 120 Å². The molecular formula is C16H23NOS. The summed E-state index contributed by atoms with van der Waals surface area (Å²) in [6.45, 7) is 6.10. The molecule has 0 spiro atoms. The average Bonchev–Trinajstić information content (AvgIpc) is 2.68. The van der Waals surface area contributed by atoms with E-state index in [1.165, 1.54) is 41.3 Å². The van der Waals surface area contributed by atoms with Crippen molar-refractivity contribution in [1.82, 2.24) is 4.90 Å². The number of carbonyl (C=O) groups excluding carboxylic acids is 1. The van der Waals surface area contributed by atoms with Gasteiger partial charge in [0.2, 0.25) is 0 Å². The first-order valence-electron chi connectivity index (χ1n) is 7.14. The molecule has 3 heteroatoms. The number of hydrogen-bond donors (Lipinski definition) is 0. The Morgan fingerprint density at radius 3 is 2.53 bits per heavy atom. The van der Waals surface area contributed by atoms with Gasteiger partial charge >= 0.3 is 0 Å². The molecule has 0 unspecified atom stereocenters. The summed E-state index contributed by atoms with van der Waals surface area (Å²) < 4.78 is 0. The fraction of sp³-hybridized carbons (Fsp3) is 0.562. The second kappa shape index (κ2) is 6.99. The minimum Gasteiger partial charge on any atom is -0.334 e. The first-order chi connectivity index (χ1) is 9.16. The fourth-order valence-electron chi connectivity index (χ4n) is 2.44. The molecule has 0 bridgehead atoms. The van der Waals surface area contributed by atoms with Crippen LogP contribution in [-0.4, -0.2) is 23.2 Å². The molecule has 0 aromatic heterocycles. The molecule has 1 aromatic carbocycles. The predicted octanol–water partition coefficient (Wildman–Crippen LogP) is 4.53. The van der Waals surface area contributed by atoms with Crippen molar-refractivity contribution in [3.05, 3.63) is 34.9 Å². The lowest BCUT2D eigenvalue weighted by Gasteiger charge is -2.19. The third-order valence-corrected chi connectivity index (χ3v) is 4.68. The van der Waals surface area contributed by atoms with Gasteiger partial charge in [0.05, 0.1) is 0 Å². The number of likely N-dealkylation sites (tertiary alicyclic amines) is 1. The summed E-state index contributed by atoms with van der Waals surface area (Å²) in [5.74, 6) is 0.794. The molecule has 2 rings (SSSR count). The highest BCUT2D eigenvalue weighted by Gasteiger charge is 2.16. The van der Waals surface area contributed by atoms with Gasteiger partial charge in [0.15, 0.2) is 0 Å². The van der Waals surface area contributed by atoms with Crippen molar-refractivity contribution in [2.24, 2.45) is 0 Å². The summed E-state index contributed by atoms with van der Waals surface area (Å²) in [5, 5.41) is 0.253. The lowest BCUT2D eigenvalue weighted by atomic mass is 10.1. The van der Waals surface area contributed by atoms with Crippen molar-refractivity contribution < 1.29 is 4.79 Å². The van der Waals surface area contributed by atoms with Crippen LogP contribution in [-0.2, 0) is 5.75 Å². The average molecular weight is 277 g/mol. The van der Waals surface area contributed by atoms with Crippen molar-refractivity contribution in [1.29, 1.82) is 0 Å². The molecule has 0 N–H and O–H groups in total. The summed E-state index contributed by atoms with van der Waals surface area (Å²) in [6, 6.07) is 6.46. The number of hydrogen-bond acceptors (Lipinski definition) is 2. The van der Waals surface area contributed by atoms with Crippen LogP contribution >= 0.6 is 11.8 Å². The van der Waals surface area contributed by atoms with Crippen LogP contribution in [0.15, 0.2) is 18.2 Å². The van der Waals surface area contributed by atoms with Crippen LogP contribution in [0.2, 0.25) is 0 Å². The molecule has 2 nitrogen and oxygen atoms in total. The van der Waals surface area contributed by atoms with Crippen LogP contribution in [0.25, 0.3) is 0 Å². The quantitative estimate of drug-likeness (QED) is 0.791. The topological polar surface area (TPSA) is 20.3 Å². The van der Waals surface area contributed by atoms with Crippen LogP contribution in [0.5, 0.6) is 0 Å². The number of thioether (sulfide) groups is 1. The van der Waals surface area contributed by atoms with Gasteiger partial charge in [-0.3, -0.25) is 4.79 Å². The minimum absolute atomic E-state index is 0.253. The number of rotatable bonds is 2. The first-order valence-corrected chi connectivity index (χ1v) is 8.13. The maximum Gasteiger partial charge on any atom is 0.281 e. The van der Waals surface area contributed by atoms with Crippen LogP contribution in [0.3, 0.4) is 0 Å². The van der Waals surface area contributed by atoms with E-state index in [1.54, 1.807) is 0 Å². The molecule has 19 heavy (non-hydrogen) atoms. The zero-order valence-corrected chi connectivity index (χ0v) is 12.8. The third-order valence-electron chi connectivity index (χ3n) is 3.72. The van der Waals surface area contributed by atoms with Crippen molar-refractivity contribution in [3.8, 4) is 0 Å². The monoisotopic (exact) mass is 277 g/mol. The normalized spacial score (nSPS) is 16.2. The zero-order chi connectivity index (χ0) is 13.7. The second-order valence-corrected chi connectivity index (χ2v) is 6.31. The highest BCUT2D eigenvalue weighted by atomic mass is 32.2. The van der Waals surface area contributed by atoms with E-state index in [0.29, 0.717) is 0 Å².